The Morgan fingerprint density at radius 2 is 1.80 bits per heavy atom. The fourth-order valence-electron chi connectivity index (χ4n) is 4.53. The minimum absolute atomic E-state index is 0.00908. The molecule has 0 radical (unpaired) electrons. The van der Waals surface area contributed by atoms with Crippen LogP contribution in [0.3, 0.4) is 0 Å². The number of amides is 1. The summed E-state index contributed by atoms with van der Waals surface area (Å²) in [6.45, 7) is 8.67. The number of pyridine rings is 2. The molecule has 0 aliphatic carbocycles. The van der Waals surface area contributed by atoms with Crippen LogP contribution in [0.2, 0.25) is 0 Å². The average Bonchev–Trinajstić information content (AvgIpc) is 2.99. The van der Waals surface area contributed by atoms with Crippen LogP contribution in [-0.2, 0) is 16.6 Å². The number of carbonyl (C=O) groups excluding carboxylic acids is 2. The number of benzene rings is 2. The first-order chi connectivity index (χ1) is 20.9. The number of halogens is 2. The number of carboxylic acids is 1. The Morgan fingerprint density at radius 1 is 1.09 bits per heavy atom. The number of aliphatic carboxylic acids is 1. The van der Waals surface area contributed by atoms with Crippen LogP contribution in [0.1, 0.15) is 54.2 Å². The highest BCUT2D eigenvalue weighted by molar-refractivity contribution is 5.96. The van der Waals surface area contributed by atoms with E-state index in [2.05, 4.69) is 29.5 Å². The fourth-order valence-corrected chi connectivity index (χ4v) is 4.53. The first-order valence-corrected chi connectivity index (χ1v) is 13.9. The molecule has 0 saturated carbocycles. The molecule has 4 aromatic rings. The molecule has 0 bridgehead atoms. The monoisotopic (exact) mass is 608 g/mol. The van der Waals surface area contributed by atoms with Crippen molar-refractivity contribution in [3.8, 4) is 11.1 Å². The van der Waals surface area contributed by atoms with E-state index in [1.165, 1.54) is 17.7 Å². The van der Waals surface area contributed by atoms with Crippen molar-refractivity contribution in [2.24, 2.45) is 13.0 Å². The number of aromatic nitrogens is 2. The van der Waals surface area contributed by atoms with E-state index in [4.69, 9.17) is 9.90 Å². The van der Waals surface area contributed by atoms with Crippen molar-refractivity contribution in [1.82, 2.24) is 20.2 Å². The predicted octanol–water partition coefficient (Wildman–Crippen LogP) is 5.20. The molecule has 2 aromatic heterocycles. The highest BCUT2D eigenvalue weighted by atomic mass is 19.2. The second kappa shape index (κ2) is 16.8. The van der Waals surface area contributed by atoms with Crippen molar-refractivity contribution < 1.29 is 28.3 Å². The summed E-state index contributed by atoms with van der Waals surface area (Å²) in [7, 11) is 3.15. The summed E-state index contributed by atoms with van der Waals surface area (Å²) in [5.74, 6) is -2.89. The molecule has 0 unspecified atom stereocenters. The maximum atomic E-state index is 14.4. The number of fused-ring (bicyclic) bond motifs is 1. The summed E-state index contributed by atoms with van der Waals surface area (Å²) in [5, 5.41) is 15.4. The van der Waals surface area contributed by atoms with Gasteiger partial charge in [-0.15, -0.1) is 0 Å². The summed E-state index contributed by atoms with van der Waals surface area (Å²) in [6, 6.07) is 12.5. The fraction of sp³-hybridized carbons (Fsp3) is 0.303. The molecule has 11 heteroatoms. The molecule has 0 aliphatic heterocycles. The zero-order valence-corrected chi connectivity index (χ0v) is 25.5. The highest BCUT2D eigenvalue weighted by Crippen LogP contribution is 2.35. The zero-order chi connectivity index (χ0) is 33.0. The molecule has 1 atom stereocenters. The molecule has 44 heavy (non-hydrogen) atoms. The predicted molar refractivity (Wildman–Crippen MR) is 166 cm³/mol. The van der Waals surface area contributed by atoms with Gasteiger partial charge in [-0.2, -0.15) is 0 Å². The number of hydrogen-bond acceptors (Lipinski definition) is 6. The normalized spacial score (nSPS) is 11.2. The molecule has 9 nitrogen and oxygen atoms in total. The molecule has 4 rings (SSSR count). The summed E-state index contributed by atoms with van der Waals surface area (Å²) < 4.78 is 30.1. The Kier molecular flexibility index (Phi) is 13.5. The Hall–Kier alpha value is -4.77. The maximum absolute atomic E-state index is 14.4. The van der Waals surface area contributed by atoms with Gasteiger partial charge in [0.2, 0.25) is 0 Å². The number of aryl methyl sites for hydroxylation is 2. The van der Waals surface area contributed by atoms with E-state index in [9.17, 15) is 23.2 Å². The van der Waals surface area contributed by atoms with Crippen LogP contribution < -0.4 is 16.2 Å². The molecule has 234 valence electrons. The van der Waals surface area contributed by atoms with Gasteiger partial charge in [0, 0.05) is 43.0 Å². The lowest BCUT2D eigenvalue weighted by molar-refractivity contribution is -0.137. The third-order valence-electron chi connectivity index (χ3n) is 6.82. The molecule has 0 aliphatic rings. The number of carboxylic acid groups (broad SMARTS) is 1. The van der Waals surface area contributed by atoms with Crippen LogP contribution >= 0.6 is 0 Å². The Bertz CT molecular complexity index is 1660. The summed E-state index contributed by atoms with van der Waals surface area (Å²) in [4.78, 5) is 46.6. The second-order valence-corrected chi connectivity index (χ2v) is 10.4. The van der Waals surface area contributed by atoms with E-state index < -0.39 is 23.6 Å². The summed E-state index contributed by atoms with van der Waals surface area (Å²) in [5.41, 5.74) is 2.81. The maximum Gasteiger partial charge on any atom is 0.305 e. The van der Waals surface area contributed by atoms with Gasteiger partial charge in [-0.3, -0.25) is 19.4 Å². The van der Waals surface area contributed by atoms with Gasteiger partial charge in [0.25, 0.3) is 11.5 Å². The smallest absolute Gasteiger partial charge is 0.305 e. The number of nitrogens with one attached hydrogen (secondary N) is 2. The quantitative estimate of drug-likeness (QED) is 0.238. The van der Waals surface area contributed by atoms with Crippen LogP contribution in [0.5, 0.6) is 0 Å². The number of nitrogens with zero attached hydrogens (tertiary/aromatic N) is 2. The Labute approximate surface area is 255 Å². The summed E-state index contributed by atoms with van der Waals surface area (Å²) >= 11 is 0. The molecule has 3 N–H and O–H groups in total. The van der Waals surface area contributed by atoms with E-state index in [0.717, 1.165) is 34.5 Å². The van der Waals surface area contributed by atoms with Crippen molar-refractivity contribution in [1.29, 1.82) is 0 Å². The van der Waals surface area contributed by atoms with Crippen molar-refractivity contribution in [2.45, 2.75) is 39.7 Å². The van der Waals surface area contributed by atoms with E-state index in [1.807, 2.05) is 31.9 Å². The van der Waals surface area contributed by atoms with E-state index in [0.29, 0.717) is 18.0 Å². The number of carbonyl (C=O) groups is 3. The standard InChI is InChI=1S/C20H18F2N2O2.C12H18N2O2.CH2O/c1-11-5-6-16-13(4-3-7-24-16)19(11)12-8-14(20(22)15(21)9-12)17(23-2)10-18(25)26;1-9(2)6-7-13-11(15)10-5-4-8-14(3)12(10)16;1-2/h3-9,17,23H,10H2,1-2H3,(H,25,26);4-5,8-9H,6-7H2,1-3H3,(H,13,15);1H2/t17-;;/m0../s1. The van der Waals surface area contributed by atoms with Crippen LogP contribution in [0, 0.1) is 24.5 Å². The van der Waals surface area contributed by atoms with Crippen LogP contribution in [-0.4, -0.2) is 46.9 Å². The van der Waals surface area contributed by atoms with Gasteiger partial charge in [0.1, 0.15) is 12.4 Å². The average molecular weight is 609 g/mol. The molecular weight excluding hydrogens is 570 g/mol. The lowest BCUT2D eigenvalue weighted by atomic mass is 9.92. The topological polar surface area (TPSA) is 130 Å². The van der Waals surface area contributed by atoms with Crippen LogP contribution in [0.4, 0.5) is 8.78 Å². The lowest BCUT2D eigenvalue weighted by Crippen LogP contribution is -2.32. The number of hydrogen-bond donors (Lipinski definition) is 3. The van der Waals surface area contributed by atoms with Crippen LogP contribution in [0.15, 0.2) is 65.7 Å². The first-order valence-electron chi connectivity index (χ1n) is 13.9. The second-order valence-electron chi connectivity index (χ2n) is 10.4. The van der Waals surface area contributed by atoms with Crippen molar-refractivity contribution in [2.75, 3.05) is 13.6 Å². The van der Waals surface area contributed by atoms with E-state index in [-0.39, 0.29) is 29.0 Å². The van der Waals surface area contributed by atoms with Gasteiger partial charge in [0.05, 0.1) is 11.9 Å². The van der Waals surface area contributed by atoms with Gasteiger partial charge in [-0.25, -0.2) is 8.78 Å². The van der Waals surface area contributed by atoms with Crippen LogP contribution in [0.25, 0.3) is 22.0 Å². The first kappa shape index (κ1) is 35.4. The van der Waals surface area contributed by atoms with Gasteiger partial charge in [-0.1, -0.05) is 26.0 Å². The Morgan fingerprint density at radius 3 is 2.43 bits per heavy atom. The van der Waals surface area contributed by atoms with Gasteiger partial charge < -0.3 is 25.1 Å². The minimum atomic E-state index is -1.10. The van der Waals surface area contributed by atoms with E-state index in [1.54, 1.807) is 37.6 Å². The van der Waals surface area contributed by atoms with Crippen molar-refractivity contribution in [3.63, 3.8) is 0 Å². The molecule has 1 amide bonds. The van der Waals surface area contributed by atoms with Crippen molar-refractivity contribution >= 4 is 29.6 Å². The van der Waals surface area contributed by atoms with Gasteiger partial charge in [0.15, 0.2) is 11.6 Å². The molecular formula is C33H38F2N4O5. The molecule has 2 heterocycles. The lowest BCUT2D eigenvalue weighted by Gasteiger charge is -2.18. The minimum Gasteiger partial charge on any atom is -0.481 e. The molecule has 0 saturated heterocycles. The molecule has 2 aromatic carbocycles. The third kappa shape index (κ3) is 9.11. The highest BCUT2D eigenvalue weighted by Gasteiger charge is 2.22. The SMILES string of the molecule is C=O.CC(C)CCNC(=O)c1cccn(C)c1=O.CN[C@@H](CC(=O)O)c1cc(-c2c(C)ccc3ncccc23)cc(F)c1F. The zero-order valence-electron chi connectivity index (χ0n) is 25.5. The molecule has 0 fully saturated rings. The largest absolute Gasteiger partial charge is 0.481 e. The van der Waals surface area contributed by atoms with Gasteiger partial charge in [-0.05, 0) is 79.4 Å². The number of rotatable bonds is 9. The Balaban J connectivity index is 0.000000323. The van der Waals surface area contributed by atoms with E-state index >= 15 is 0 Å². The molecule has 0 spiro atoms. The van der Waals surface area contributed by atoms with Gasteiger partial charge >= 0.3 is 5.97 Å². The third-order valence-corrected chi connectivity index (χ3v) is 6.82. The van der Waals surface area contributed by atoms with Crippen molar-refractivity contribution in [3.05, 3.63) is 99.6 Å². The summed E-state index contributed by atoms with van der Waals surface area (Å²) in [6.07, 6.45) is 3.86.